The van der Waals surface area contributed by atoms with E-state index in [0.717, 1.165) is 18.4 Å². The number of halogens is 2. The minimum Gasteiger partial charge on any atom is -0.375 e. The van der Waals surface area contributed by atoms with Gasteiger partial charge >= 0.3 is 0 Å². The molecule has 1 aromatic heterocycles. The van der Waals surface area contributed by atoms with E-state index < -0.39 is 11.6 Å². The van der Waals surface area contributed by atoms with E-state index in [1.807, 2.05) is 0 Å². The van der Waals surface area contributed by atoms with Crippen LogP contribution < -0.4 is 5.32 Å². The molecule has 2 aromatic rings. The van der Waals surface area contributed by atoms with E-state index in [0.29, 0.717) is 30.2 Å². The van der Waals surface area contributed by atoms with Crippen molar-refractivity contribution in [2.24, 2.45) is 5.92 Å². The number of hydrogen-bond acceptors (Lipinski definition) is 4. The molecule has 1 saturated heterocycles. The lowest BCUT2D eigenvalue weighted by Crippen LogP contribution is -2.20. The molecular weight excluding hydrogens is 362 g/mol. The Morgan fingerprint density at radius 2 is 1.86 bits per heavy atom. The second kappa shape index (κ2) is 11.3. The monoisotopic (exact) mass is 392 g/mol. The molecule has 1 fully saturated rings. The Morgan fingerprint density at radius 3 is 2.71 bits per heavy atom. The lowest BCUT2D eigenvalue weighted by molar-refractivity contribution is 0.112. The Morgan fingerprint density at radius 1 is 1.04 bits per heavy atom. The van der Waals surface area contributed by atoms with Crippen LogP contribution in [-0.2, 0) is 11.3 Å². The van der Waals surface area contributed by atoms with Crippen molar-refractivity contribution in [2.45, 2.75) is 58.0 Å². The fraction of sp³-hybridized carbons (Fsp3) is 0.591. The van der Waals surface area contributed by atoms with Crippen molar-refractivity contribution >= 4 is 0 Å². The van der Waals surface area contributed by atoms with Gasteiger partial charge in [0.1, 0.15) is 17.3 Å². The molecule has 0 spiro atoms. The smallest absolute Gasteiger partial charge is 0.167 e. The van der Waals surface area contributed by atoms with Gasteiger partial charge in [0.25, 0.3) is 0 Å². The number of aromatic nitrogens is 1. The van der Waals surface area contributed by atoms with Gasteiger partial charge in [-0.25, -0.2) is 8.78 Å². The SMILES string of the molecule is Fc1cc(F)cc(-c2cc(COCCCCCCC3CCCCNC3)no2)c1. The summed E-state index contributed by atoms with van der Waals surface area (Å²) in [5.41, 5.74) is 0.959. The average Bonchev–Trinajstić information content (AvgIpc) is 2.99. The third-order valence-corrected chi connectivity index (χ3v) is 5.26. The number of ether oxygens (including phenoxy) is 1. The minimum absolute atomic E-state index is 0.333. The van der Waals surface area contributed by atoms with Gasteiger partial charge in [-0.1, -0.05) is 30.8 Å². The van der Waals surface area contributed by atoms with Crippen molar-refractivity contribution in [2.75, 3.05) is 19.7 Å². The third kappa shape index (κ3) is 6.99. The fourth-order valence-corrected chi connectivity index (χ4v) is 3.72. The second-order valence-corrected chi connectivity index (χ2v) is 7.66. The van der Waals surface area contributed by atoms with Crippen molar-refractivity contribution in [3.63, 3.8) is 0 Å². The minimum atomic E-state index is -0.639. The quantitative estimate of drug-likeness (QED) is 0.544. The number of unbranched alkanes of at least 4 members (excludes halogenated alkanes) is 3. The lowest BCUT2D eigenvalue weighted by atomic mass is 9.96. The number of rotatable bonds is 10. The molecule has 1 aliphatic heterocycles. The summed E-state index contributed by atoms with van der Waals surface area (Å²) in [6, 6.07) is 4.94. The van der Waals surface area contributed by atoms with Gasteiger partial charge in [-0.2, -0.15) is 0 Å². The average molecular weight is 392 g/mol. The summed E-state index contributed by atoms with van der Waals surface area (Å²) in [4.78, 5) is 0. The van der Waals surface area contributed by atoms with E-state index >= 15 is 0 Å². The first-order valence-electron chi connectivity index (χ1n) is 10.4. The van der Waals surface area contributed by atoms with Crippen LogP contribution in [0.1, 0.15) is 57.1 Å². The predicted octanol–water partition coefficient (Wildman–Crippen LogP) is 5.48. The van der Waals surface area contributed by atoms with Crippen molar-refractivity contribution in [1.29, 1.82) is 0 Å². The van der Waals surface area contributed by atoms with Crippen LogP contribution in [0, 0.1) is 17.6 Å². The maximum absolute atomic E-state index is 13.3. The van der Waals surface area contributed by atoms with Crippen molar-refractivity contribution < 1.29 is 18.0 Å². The van der Waals surface area contributed by atoms with Crippen molar-refractivity contribution in [1.82, 2.24) is 10.5 Å². The molecule has 2 heterocycles. The summed E-state index contributed by atoms with van der Waals surface area (Å²) in [6.45, 7) is 3.39. The highest BCUT2D eigenvalue weighted by molar-refractivity contribution is 5.57. The Balaban J connectivity index is 1.27. The predicted molar refractivity (Wildman–Crippen MR) is 105 cm³/mol. The molecule has 1 aromatic carbocycles. The number of hydrogen-bond donors (Lipinski definition) is 1. The van der Waals surface area contributed by atoms with E-state index in [-0.39, 0.29) is 0 Å². The van der Waals surface area contributed by atoms with Crippen LogP contribution in [0.5, 0.6) is 0 Å². The molecule has 28 heavy (non-hydrogen) atoms. The molecule has 1 unspecified atom stereocenters. The highest BCUT2D eigenvalue weighted by atomic mass is 19.1. The summed E-state index contributed by atoms with van der Waals surface area (Å²) >= 11 is 0. The van der Waals surface area contributed by atoms with Gasteiger partial charge in [-0.3, -0.25) is 0 Å². The summed E-state index contributed by atoms with van der Waals surface area (Å²) in [5.74, 6) is -0.0873. The standard InChI is InChI=1S/C22H30F2N2O2/c23-19-11-18(12-20(24)13-19)22-14-21(26-28-22)16-27-10-6-2-1-3-7-17-8-4-5-9-25-15-17/h11-14,17,25H,1-10,15-16H2. The van der Waals surface area contributed by atoms with Crippen LogP contribution >= 0.6 is 0 Å². The van der Waals surface area contributed by atoms with Gasteiger partial charge in [0.15, 0.2) is 5.76 Å². The molecule has 3 rings (SSSR count). The maximum Gasteiger partial charge on any atom is 0.167 e. The summed E-state index contributed by atoms with van der Waals surface area (Å²) in [7, 11) is 0. The zero-order chi connectivity index (χ0) is 19.6. The van der Waals surface area contributed by atoms with E-state index in [1.165, 1.54) is 70.2 Å². The molecule has 0 aliphatic carbocycles. The van der Waals surface area contributed by atoms with E-state index in [4.69, 9.17) is 9.26 Å². The van der Waals surface area contributed by atoms with Crippen molar-refractivity contribution in [3.8, 4) is 11.3 Å². The van der Waals surface area contributed by atoms with Crippen LogP contribution in [0.3, 0.4) is 0 Å². The van der Waals surface area contributed by atoms with Gasteiger partial charge in [0.2, 0.25) is 0 Å². The van der Waals surface area contributed by atoms with Gasteiger partial charge < -0.3 is 14.6 Å². The highest BCUT2D eigenvalue weighted by Crippen LogP contribution is 2.23. The molecule has 0 bridgehead atoms. The summed E-state index contributed by atoms with van der Waals surface area (Å²) in [6.07, 6.45) is 10.1. The molecule has 1 atom stereocenters. The first-order chi connectivity index (χ1) is 13.7. The molecule has 4 nitrogen and oxygen atoms in total. The van der Waals surface area contributed by atoms with Gasteiger partial charge in [-0.05, 0) is 56.8 Å². The first-order valence-corrected chi connectivity index (χ1v) is 10.4. The summed E-state index contributed by atoms with van der Waals surface area (Å²) < 4.78 is 37.4. The molecule has 154 valence electrons. The topological polar surface area (TPSA) is 47.3 Å². The van der Waals surface area contributed by atoms with Gasteiger partial charge in [0, 0.05) is 24.3 Å². The Bertz CT molecular complexity index is 692. The number of nitrogens with one attached hydrogen (secondary N) is 1. The number of benzene rings is 1. The molecule has 0 saturated carbocycles. The van der Waals surface area contributed by atoms with Crippen LogP contribution in [0.15, 0.2) is 28.8 Å². The van der Waals surface area contributed by atoms with Crippen LogP contribution in [-0.4, -0.2) is 24.9 Å². The Hall–Kier alpha value is -1.79. The molecule has 1 N–H and O–H groups in total. The third-order valence-electron chi connectivity index (χ3n) is 5.26. The largest absolute Gasteiger partial charge is 0.375 e. The molecular formula is C22H30F2N2O2. The fourth-order valence-electron chi connectivity index (χ4n) is 3.72. The Labute approximate surface area is 165 Å². The summed E-state index contributed by atoms with van der Waals surface area (Å²) in [5, 5.41) is 7.44. The Kier molecular flexibility index (Phi) is 8.42. The first kappa shape index (κ1) is 20.9. The lowest BCUT2D eigenvalue weighted by Gasteiger charge is -2.13. The molecule has 0 amide bonds. The van der Waals surface area contributed by atoms with Crippen LogP contribution in [0.4, 0.5) is 8.78 Å². The molecule has 0 radical (unpaired) electrons. The van der Waals surface area contributed by atoms with Crippen LogP contribution in [0.25, 0.3) is 11.3 Å². The number of nitrogens with zero attached hydrogens (tertiary/aromatic N) is 1. The molecule has 6 heteroatoms. The second-order valence-electron chi connectivity index (χ2n) is 7.66. The normalized spacial score (nSPS) is 17.6. The van der Waals surface area contributed by atoms with Gasteiger partial charge in [-0.15, -0.1) is 0 Å². The van der Waals surface area contributed by atoms with Gasteiger partial charge in [0.05, 0.1) is 6.61 Å². The highest BCUT2D eigenvalue weighted by Gasteiger charge is 2.11. The van der Waals surface area contributed by atoms with Crippen LogP contribution in [0.2, 0.25) is 0 Å². The zero-order valence-corrected chi connectivity index (χ0v) is 16.4. The van der Waals surface area contributed by atoms with E-state index in [9.17, 15) is 8.78 Å². The zero-order valence-electron chi connectivity index (χ0n) is 16.4. The molecule has 1 aliphatic rings. The van der Waals surface area contributed by atoms with E-state index in [2.05, 4.69) is 10.5 Å². The van der Waals surface area contributed by atoms with Crippen molar-refractivity contribution in [3.05, 3.63) is 41.6 Å². The maximum atomic E-state index is 13.3. The van der Waals surface area contributed by atoms with E-state index in [1.54, 1.807) is 6.07 Å².